The van der Waals surface area contributed by atoms with E-state index in [1.54, 1.807) is 0 Å². The molecular formula is C9H17NO. The summed E-state index contributed by atoms with van der Waals surface area (Å²) < 4.78 is 0. The van der Waals surface area contributed by atoms with Gasteiger partial charge in [-0.2, -0.15) is 0 Å². The van der Waals surface area contributed by atoms with Gasteiger partial charge in [-0.15, -0.1) is 0 Å². The Morgan fingerprint density at radius 1 is 1.55 bits per heavy atom. The lowest BCUT2D eigenvalue weighted by atomic mass is 9.93. The molecule has 1 aliphatic heterocycles. The van der Waals surface area contributed by atoms with Crippen LogP contribution in [0, 0.1) is 5.92 Å². The van der Waals surface area contributed by atoms with Crippen molar-refractivity contribution in [3.63, 3.8) is 0 Å². The lowest BCUT2D eigenvalue weighted by Gasteiger charge is -2.17. The average molecular weight is 155 g/mol. The molecule has 64 valence electrons. The second-order valence-electron chi connectivity index (χ2n) is 3.31. The molecule has 1 saturated heterocycles. The van der Waals surface area contributed by atoms with E-state index in [2.05, 4.69) is 12.2 Å². The van der Waals surface area contributed by atoms with Crippen LogP contribution in [0.15, 0.2) is 0 Å². The maximum atomic E-state index is 11.0. The number of hydrogen-bond acceptors (Lipinski definition) is 1. The van der Waals surface area contributed by atoms with Gasteiger partial charge in [-0.05, 0) is 25.2 Å². The summed E-state index contributed by atoms with van der Waals surface area (Å²) in [6, 6.07) is 0. The van der Waals surface area contributed by atoms with E-state index in [0.717, 1.165) is 31.7 Å². The molecule has 0 aliphatic carbocycles. The molecule has 1 N–H and O–H groups in total. The topological polar surface area (TPSA) is 29.1 Å². The van der Waals surface area contributed by atoms with E-state index in [4.69, 9.17) is 0 Å². The SMILES string of the molecule is CCC1CCCNC(=O)CC1. The summed E-state index contributed by atoms with van der Waals surface area (Å²) in [6.45, 7) is 3.10. The van der Waals surface area contributed by atoms with Crippen LogP contribution in [-0.4, -0.2) is 12.5 Å². The number of rotatable bonds is 1. The molecule has 1 amide bonds. The number of carbonyl (C=O) groups excluding carboxylic acids is 1. The molecule has 1 aliphatic rings. The van der Waals surface area contributed by atoms with Gasteiger partial charge in [-0.25, -0.2) is 0 Å². The molecule has 0 radical (unpaired) electrons. The van der Waals surface area contributed by atoms with E-state index in [0.29, 0.717) is 0 Å². The van der Waals surface area contributed by atoms with Gasteiger partial charge >= 0.3 is 0 Å². The normalized spacial score (nSPS) is 27.0. The molecule has 2 heteroatoms. The number of hydrogen-bond donors (Lipinski definition) is 1. The Bertz CT molecular complexity index is 134. The second kappa shape index (κ2) is 4.37. The van der Waals surface area contributed by atoms with Crippen molar-refractivity contribution >= 4 is 5.91 Å². The molecule has 11 heavy (non-hydrogen) atoms. The van der Waals surface area contributed by atoms with Crippen molar-refractivity contribution in [2.75, 3.05) is 6.54 Å². The first-order chi connectivity index (χ1) is 5.33. The fourth-order valence-electron chi connectivity index (χ4n) is 1.59. The smallest absolute Gasteiger partial charge is 0.220 e. The third kappa shape index (κ3) is 2.91. The van der Waals surface area contributed by atoms with Crippen molar-refractivity contribution in [2.45, 2.75) is 39.0 Å². The number of carbonyl (C=O) groups is 1. The highest BCUT2D eigenvalue weighted by Crippen LogP contribution is 2.18. The standard InChI is InChI=1S/C9H17NO/c1-2-8-4-3-7-10-9(11)6-5-8/h8H,2-7H2,1H3,(H,10,11). The Kier molecular flexibility index (Phi) is 3.40. The molecule has 0 aromatic carbocycles. The lowest BCUT2D eigenvalue weighted by Crippen LogP contribution is -2.27. The van der Waals surface area contributed by atoms with Gasteiger partial charge in [0.25, 0.3) is 0 Å². The fourth-order valence-corrected chi connectivity index (χ4v) is 1.59. The van der Waals surface area contributed by atoms with Gasteiger partial charge in [0.05, 0.1) is 0 Å². The van der Waals surface area contributed by atoms with Crippen LogP contribution in [0.3, 0.4) is 0 Å². The number of nitrogens with one attached hydrogen (secondary N) is 1. The average Bonchev–Trinajstić information content (AvgIpc) is 1.98. The van der Waals surface area contributed by atoms with Gasteiger partial charge < -0.3 is 5.32 Å². The lowest BCUT2D eigenvalue weighted by molar-refractivity contribution is -0.121. The summed E-state index contributed by atoms with van der Waals surface area (Å²) in [5.74, 6) is 1.03. The van der Waals surface area contributed by atoms with Crippen LogP contribution in [0.25, 0.3) is 0 Å². The zero-order valence-corrected chi connectivity index (χ0v) is 7.23. The van der Waals surface area contributed by atoms with E-state index >= 15 is 0 Å². The first-order valence-electron chi connectivity index (χ1n) is 4.59. The third-order valence-electron chi connectivity index (χ3n) is 2.47. The van der Waals surface area contributed by atoms with Crippen molar-refractivity contribution in [3.8, 4) is 0 Å². The number of amides is 1. The van der Waals surface area contributed by atoms with E-state index in [9.17, 15) is 4.79 Å². The molecule has 0 aromatic rings. The molecule has 1 heterocycles. The van der Waals surface area contributed by atoms with Gasteiger partial charge in [0.2, 0.25) is 5.91 Å². The monoisotopic (exact) mass is 155 g/mol. The minimum absolute atomic E-state index is 0.239. The van der Waals surface area contributed by atoms with E-state index in [-0.39, 0.29) is 5.91 Å². The van der Waals surface area contributed by atoms with Gasteiger partial charge in [-0.1, -0.05) is 13.3 Å². The highest BCUT2D eigenvalue weighted by atomic mass is 16.1. The summed E-state index contributed by atoms with van der Waals surface area (Å²) in [6.07, 6.45) is 5.50. The maximum Gasteiger partial charge on any atom is 0.220 e. The summed E-state index contributed by atoms with van der Waals surface area (Å²) in [5.41, 5.74) is 0. The van der Waals surface area contributed by atoms with Crippen molar-refractivity contribution in [2.24, 2.45) is 5.92 Å². The summed E-state index contributed by atoms with van der Waals surface area (Å²) in [5, 5.41) is 2.89. The van der Waals surface area contributed by atoms with Crippen molar-refractivity contribution in [3.05, 3.63) is 0 Å². The van der Waals surface area contributed by atoms with Gasteiger partial charge in [0.15, 0.2) is 0 Å². The molecule has 0 bridgehead atoms. The van der Waals surface area contributed by atoms with Crippen molar-refractivity contribution in [1.29, 1.82) is 0 Å². The van der Waals surface area contributed by atoms with Crippen LogP contribution in [-0.2, 0) is 4.79 Å². The Labute approximate surface area is 68.4 Å². The van der Waals surface area contributed by atoms with E-state index < -0.39 is 0 Å². The first kappa shape index (κ1) is 8.57. The summed E-state index contributed by atoms with van der Waals surface area (Å²) >= 11 is 0. The Morgan fingerprint density at radius 3 is 3.09 bits per heavy atom. The van der Waals surface area contributed by atoms with E-state index in [1.165, 1.54) is 12.8 Å². The van der Waals surface area contributed by atoms with Crippen molar-refractivity contribution in [1.82, 2.24) is 5.32 Å². The maximum absolute atomic E-state index is 11.0. The molecule has 1 fully saturated rings. The van der Waals surface area contributed by atoms with Gasteiger partial charge in [-0.3, -0.25) is 4.79 Å². The van der Waals surface area contributed by atoms with Crippen molar-refractivity contribution < 1.29 is 4.79 Å². The van der Waals surface area contributed by atoms with Crippen LogP contribution >= 0.6 is 0 Å². The molecule has 1 rings (SSSR count). The van der Waals surface area contributed by atoms with Crippen LogP contribution in [0.2, 0.25) is 0 Å². The summed E-state index contributed by atoms with van der Waals surface area (Å²) in [7, 11) is 0. The van der Waals surface area contributed by atoms with E-state index in [1.807, 2.05) is 0 Å². The van der Waals surface area contributed by atoms with Gasteiger partial charge in [0, 0.05) is 13.0 Å². The highest BCUT2D eigenvalue weighted by Gasteiger charge is 2.12. The van der Waals surface area contributed by atoms with Crippen LogP contribution < -0.4 is 5.32 Å². The minimum atomic E-state index is 0.239. The Hall–Kier alpha value is -0.530. The fraction of sp³-hybridized carbons (Fsp3) is 0.889. The van der Waals surface area contributed by atoms with Crippen LogP contribution in [0.1, 0.15) is 39.0 Å². The quantitative estimate of drug-likeness (QED) is 0.613. The molecule has 0 aromatic heterocycles. The Balaban J connectivity index is 2.31. The zero-order chi connectivity index (χ0) is 8.10. The second-order valence-corrected chi connectivity index (χ2v) is 3.31. The highest BCUT2D eigenvalue weighted by molar-refractivity contribution is 5.75. The third-order valence-corrected chi connectivity index (χ3v) is 2.47. The molecule has 0 saturated carbocycles. The van der Waals surface area contributed by atoms with Crippen LogP contribution in [0.5, 0.6) is 0 Å². The molecule has 2 nitrogen and oxygen atoms in total. The summed E-state index contributed by atoms with van der Waals surface area (Å²) in [4.78, 5) is 11.0. The predicted octanol–water partition coefficient (Wildman–Crippen LogP) is 1.70. The molecule has 1 unspecified atom stereocenters. The largest absolute Gasteiger partial charge is 0.356 e. The Morgan fingerprint density at radius 2 is 2.36 bits per heavy atom. The molecular weight excluding hydrogens is 138 g/mol. The predicted molar refractivity (Wildman–Crippen MR) is 45.3 cm³/mol. The molecule has 1 atom stereocenters. The van der Waals surface area contributed by atoms with Crippen LogP contribution in [0.4, 0.5) is 0 Å². The van der Waals surface area contributed by atoms with Gasteiger partial charge in [0.1, 0.15) is 0 Å². The first-order valence-corrected chi connectivity index (χ1v) is 4.59. The molecule has 0 spiro atoms. The zero-order valence-electron chi connectivity index (χ0n) is 7.23. The minimum Gasteiger partial charge on any atom is -0.356 e.